The van der Waals surface area contributed by atoms with Crippen LogP contribution >= 0.6 is 0 Å². The number of nitro groups is 1. The molecule has 1 N–H and O–H groups in total. The molecule has 0 aliphatic rings. The smallest absolute Gasteiger partial charge is 0.289 e. The van der Waals surface area contributed by atoms with Crippen LogP contribution in [0.2, 0.25) is 0 Å². The third-order valence-electron chi connectivity index (χ3n) is 4.17. The maximum atomic E-state index is 13.9. The topological polar surface area (TPSA) is 110 Å². The van der Waals surface area contributed by atoms with Crippen molar-refractivity contribution >= 4 is 33.0 Å². The van der Waals surface area contributed by atoms with Gasteiger partial charge in [-0.1, -0.05) is 30.3 Å². The van der Waals surface area contributed by atoms with Crippen molar-refractivity contribution in [2.45, 2.75) is 4.90 Å². The monoisotopic (exact) mass is 447 g/mol. The van der Waals surface area contributed by atoms with Gasteiger partial charge in [0.2, 0.25) is 5.91 Å². The number of anilines is 2. The van der Waals surface area contributed by atoms with Crippen LogP contribution < -0.4 is 9.62 Å². The predicted molar refractivity (Wildman–Crippen MR) is 109 cm³/mol. The third-order valence-corrected chi connectivity index (χ3v) is 5.99. The Morgan fingerprint density at radius 2 is 1.65 bits per heavy atom. The highest BCUT2D eigenvalue weighted by Gasteiger charge is 2.33. The van der Waals surface area contributed by atoms with E-state index >= 15 is 0 Å². The molecule has 0 bridgehead atoms. The summed E-state index contributed by atoms with van der Waals surface area (Å²) in [5.74, 6) is -2.82. The molecule has 0 aliphatic heterocycles. The SMILES string of the molecule is O=C(CN(c1ccccc1)S(=O)(=O)c1ccccc1[N+](=O)[O-])Nc1ccc(F)cc1F. The normalized spacial score (nSPS) is 11.0. The molecular weight excluding hydrogens is 432 g/mol. The number of rotatable bonds is 7. The summed E-state index contributed by atoms with van der Waals surface area (Å²) in [5.41, 5.74) is -0.939. The third kappa shape index (κ3) is 4.83. The molecule has 3 aromatic rings. The lowest BCUT2D eigenvalue weighted by atomic mass is 10.3. The standard InChI is InChI=1S/C20H15F2N3O5S/c21-14-10-11-17(16(22)12-14)23-20(26)13-24(15-6-2-1-3-7-15)31(29,30)19-9-5-4-8-18(19)25(27)28/h1-12H,13H2,(H,23,26). The summed E-state index contributed by atoms with van der Waals surface area (Å²) in [5, 5.41) is 13.5. The Balaban J connectivity index is 2.00. The second-order valence-corrected chi connectivity index (χ2v) is 8.08. The van der Waals surface area contributed by atoms with Crippen molar-refractivity contribution in [1.82, 2.24) is 0 Å². The molecule has 0 atom stereocenters. The first-order valence-electron chi connectivity index (χ1n) is 8.76. The van der Waals surface area contributed by atoms with Crippen LogP contribution in [0.15, 0.2) is 77.7 Å². The minimum Gasteiger partial charge on any atom is -0.322 e. The van der Waals surface area contributed by atoms with Crippen molar-refractivity contribution in [3.05, 3.63) is 94.5 Å². The molecular formula is C20H15F2N3O5S. The molecule has 31 heavy (non-hydrogen) atoms. The number of hydrogen-bond acceptors (Lipinski definition) is 5. The molecule has 0 aromatic heterocycles. The van der Waals surface area contributed by atoms with Gasteiger partial charge < -0.3 is 5.32 Å². The minimum absolute atomic E-state index is 0.0652. The van der Waals surface area contributed by atoms with Crippen LogP contribution in [0.4, 0.5) is 25.8 Å². The van der Waals surface area contributed by atoms with Crippen LogP contribution in [0.5, 0.6) is 0 Å². The number of nitro benzene ring substituents is 1. The van der Waals surface area contributed by atoms with Gasteiger partial charge in [-0.15, -0.1) is 0 Å². The Labute approximate surface area is 175 Å². The van der Waals surface area contributed by atoms with E-state index in [1.165, 1.54) is 36.4 Å². The molecule has 0 heterocycles. The fraction of sp³-hybridized carbons (Fsp3) is 0.0500. The zero-order valence-electron chi connectivity index (χ0n) is 15.7. The molecule has 0 aliphatic carbocycles. The first-order valence-corrected chi connectivity index (χ1v) is 10.2. The van der Waals surface area contributed by atoms with Crippen molar-refractivity contribution < 1.29 is 26.9 Å². The first-order chi connectivity index (χ1) is 14.7. The van der Waals surface area contributed by atoms with Crippen molar-refractivity contribution in [2.75, 3.05) is 16.2 Å². The van der Waals surface area contributed by atoms with E-state index in [0.29, 0.717) is 10.4 Å². The van der Waals surface area contributed by atoms with E-state index in [4.69, 9.17) is 0 Å². The van der Waals surface area contributed by atoms with Gasteiger partial charge in [0.15, 0.2) is 4.90 Å². The van der Waals surface area contributed by atoms with Gasteiger partial charge >= 0.3 is 0 Å². The van der Waals surface area contributed by atoms with E-state index in [-0.39, 0.29) is 11.4 Å². The largest absolute Gasteiger partial charge is 0.322 e. The Morgan fingerprint density at radius 3 is 2.29 bits per heavy atom. The maximum absolute atomic E-state index is 13.9. The highest BCUT2D eigenvalue weighted by Crippen LogP contribution is 2.29. The number of nitrogens with one attached hydrogen (secondary N) is 1. The number of hydrogen-bond donors (Lipinski definition) is 1. The van der Waals surface area contributed by atoms with Crippen LogP contribution in [0.1, 0.15) is 0 Å². The molecule has 3 aromatic carbocycles. The number of sulfonamides is 1. The van der Waals surface area contributed by atoms with Gasteiger partial charge in [-0.05, 0) is 30.3 Å². The van der Waals surface area contributed by atoms with Crippen LogP contribution in [-0.2, 0) is 14.8 Å². The van der Waals surface area contributed by atoms with Crippen molar-refractivity contribution in [3.63, 3.8) is 0 Å². The number of carbonyl (C=O) groups is 1. The summed E-state index contributed by atoms with van der Waals surface area (Å²) in [6.45, 7) is -0.810. The quantitative estimate of drug-likeness (QED) is 0.439. The number of amides is 1. The summed E-state index contributed by atoms with van der Waals surface area (Å²) in [6, 6.07) is 14.7. The maximum Gasteiger partial charge on any atom is 0.289 e. The number of nitrogens with zero attached hydrogens (tertiary/aromatic N) is 2. The molecule has 0 saturated carbocycles. The Bertz CT molecular complexity index is 1240. The fourth-order valence-electron chi connectivity index (χ4n) is 2.77. The summed E-state index contributed by atoms with van der Waals surface area (Å²) in [4.78, 5) is 22.4. The van der Waals surface area contributed by atoms with E-state index in [1.54, 1.807) is 6.07 Å². The summed E-state index contributed by atoms with van der Waals surface area (Å²) >= 11 is 0. The highest BCUT2D eigenvalue weighted by molar-refractivity contribution is 7.93. The molecule has 160 valence electrons. The number of para-hydroxylation sites is 2. The van der Waals surface area contributed by atoms with Crippen LogP contribution in [0.3, 0.4) is 0 Å². The van der Waals surface area contributed by atoms with Crippen LogP contribution in [0.25, 0.3) is 0 Å². The highest BCUT2D eigenvalue weighted by atomic mass is 32.2. The van der Waals surface area contributed by atoms with Crippen molar-refractivity contribution in [2.24, 2.45) is 0 Å². The van der Waals surface area contributed by atoms with Crippen LogP contribution in [-0.4, -0.2) is 25.8 Å². The predicted octanol–water partition coefficient (Wildman–Crippen LogP) is 3.71. The summed E-state index contributed by atoms with van der Waals surface area (Å²) < 4.78 is 54.1. The average Bonchev–Trinajstić information content (AvgIpc) is 2.74. The van der Waals surface area contributed by atoms with Crippen molar-refractivity contribution in [1.29, 1.82) is 0 Å². The minimum atomic E-state index is -4.56. The van der Waals surface area contributed by atoms with Crippen molar-refractivity contribution in [3.8, 4) is 0 Å². The van der Waals surface area contributed by atoms with E-state index < -0.39 is 49.6 Å². The number of benzene rings is 3. The zero-order valence-corrected chi connectivity index (χ0v) is 16.6. The Kier molecular flexibility index (Phi) is 6.25. The number of halogens is 2. The van der Waals surface area contributed by atoms with E-state index in [0.717, 1.165) is 24.3 Å². The average molecular weight is 447 g/mol. The molecule has 8 nitrogen and oxygen atoms in total. The second-order valence-electron chi connectivity index (χ2n) is 6.24. The van der Waals surface area contributed by atoms with Gasteiger partial charge in [-0.2, -0.15) is 0 Å². The molecule has 0 fully saturated rings. The fourth-order valence-corrected chi connectivity index (χ4v) is 4.35. The molecule has 0 saturated heterocycles. The molecule has 0 radical (unpaired) electrons. The molecule has 11 heteroatoms. The zero-order chi connectivity index (χ0) is 22.6. The van der Waals surface area contributed by atoms with E-state index in [1.807, 2.05) is 0 Å². The first kappa shape index (κ1) is 21.8. The van der Waals surface area contributed by atoms with Gasteiger partial charge in [0.1, 0.15) is 18.2 Å². The Hall–Kier alpha value is -3.86. The number of carbonyl (C=O) groups excluding carboxylic acids is 1. The van der Waals surface area contributed by atoms with Crippen LogP contribution in [0, 0.1) is 21.7 Å². The lowest BCUT2D eigenvalue weighted by Crippen LogP contribution is -2.38. The van der Waals surface area contributed by atoms with E-state index in [2.05, 4.69) is 5.32 Å². The van der Waals surface area contributed by atoms with Gasteiger partial charge in [-0.3, -0.25) is 19.2 Å². The van der Waals surface area contributed by atoms with Gasteiger partial charge in [0.05, 0.1) is 16.3 Å². The second kappa shape index (κ2) is 8.88. The molecule has 3 rings (SSSR count). The lowest BCUT2D eigenvalue weighted by molar-refractivity contribution is -0.387. The molecule has 0 spiro atoms. The molecule has 0 unspecified atom stereocenters. The summed E-state index contributed by atoms with van der Waals surface area (Å²) in [6.07, 6.45) is 0. The Morgan fingerprint density at radius 1 is 1.00 bits per heavy atom. The molecule has 1 amide bonds. The lowest BCUT2D eigenvalue weighted by Gasteiger charge is -2.24. The van der Waals surface area contributed by atoms with Gasteiger partial charge in [0.25, 0.3) is 15.7 Å². The van der Waals surface area contributed by atoms with Gasteiger partial charge in [-0.25, -0.2) is 17.2 Å². The summed E-state index contributed by atoms with van der Waals surface area (Å²) in [7, 11) is -4.56. The van der Waals surface area contributed by atoms with E-state index in [9.17, 15) is 32.1 Å². The van der Waals surface area contributed by atoms with Gasteiger partial charge in [0, 0.05) is 12.1 Å².